The predicted molar refractivity (Wildman–Crippen MR) is 328 cm³/mol. The number of nitrogen functional groups attached to an aromatic ring is 3. The van der Waals surface area contributed by atoms with Gasteiger partial charge >= 0.3 is 265 Å². The molecule has 0 aliphatic carbocycles. The Morgan fingerprint density at radius 2 is 0.748 bits per heavy atom. The van der Waals surface area contributed by atoms with Crippen molar-refractivity contribution in [3.8, 4) is 40.2 Å². The summed E-state index contributed by atoms with van der Waals surface area (Å²) in [6.07, 6.45) is 0.250. The number of fused-ring (bicyclic) bond motifs is 4. The van der Waals surface area contributed by atoms with Crippen LogP contribution in [0.1, 0.15) is 29.6 Å². The van der Waals surface area contributed by atoms with E-state index in [0.717, 1.165) is 78.9 Å². The molecule has 546 valence electrons. The monoisotopic (exact) mass is 1740 g/mol. The first-order valence-electron chi connectivity index (χ1n) is 23.6. The number of rotatable bonds is 12. The van der Waals surface area contributed by atoms with Crippen molar-refractivity contribution in [1.82, 2.24) is 0 Å². The second kappa shape index (κ2) is 58.6. The van der Waals surface area contributed by atoms with Gasteiger partial charge in [0, 0.05) is 77.6 Å². The molecule has 0 aromatic heterocycles. The van der Waals surface area contributed by atoms with Crippen molar-refractivity contribution in [3.63, 3.8) is 0 Å². The van der Waals surface area contributed by atoms with Crippen molar-refractivity contribution in [3.05, 3.63) is 103 Å². The normalized spacial score (nSPS) is 10.5. The summed E-state index contributed by atoms with van der Waals surface area (Å²) in [6.45, 7) is 3.35. The molecule has 42 nitrogen and oxygen atoms in total. The summed E-state index contributed by atoms with van der Waals surface area (Å²) in [6, 6.07) is 18.9. The largest absolute Gasteiger partial charge is 1.00 e. The summed E-state index contributed by atoms with van der Waals surface area (Å²) in [4.78, 5) is 56.2. The second-order valence-corrected chi connectivity index (χ2v) is 24.6. The number of anilines is 4. The van der Waals surface area contributed by atoms with Gasteiger partial charge in [-0.25, -0.2) is 37.9 Å². The summed E-state index contributed by atoms with van der Waals surface area (Å²) in [5.41, 5.74) is 16.5. The Hall–Kier alpha value is -2.23. The first-order chi connectivity index (χ1) is 44.5. The first-order valence-corrected chi connectivity index (χ1v) is 33.3. The molecule has 107 heavy (non-hydrogen) atoms. The van der Waals surface area contributed by atoms with Gasteiger partial charge in [0.05, 0.1) is 25.3 Å². The number of nitrogens with two attached hydrogens (primary N) is 3. The molecule has 0 spiro atoms. The van der Waals surface area contributed by atoms with E-state index in [4.69, 9.17) is 54.0 Å². The van der Waals surface area contributed by atoms with E-state index in [2.05, 4.69) is 27.5 Å². The zero-order valence-corrected chi connectivity index (χ0v) is 78.7. The van der Waals surface area contributed by atoms with Crippen molar-refractivity contribution in [2.24, 2.45) is 0 Å². The van der Waals surface area contributed by atoms with Crippen LogP contribution in [-0.2, 0) is 124 Å². The number of carbonyl (C=O) groups is 4. The number of esters is 2. The van der Waals surface area contributed by atoms with E-state index in [1.54, 1.807) is 6.07 Å². The fraction of sp³-hybridized carbons (Fsp3) is 0.0816. The third kappa shape index (κ3) is 46.1. The van der Waals surface area contributed by atoms with Gasteiger partial charge in [0.1, 0.15) is 105 Å². The van der Waals surface area contributed by atoms with E-state index in [-0.39, 0.29) is 341 Å². The maximum absolute atomic E-state index is 11.3. The minimum Gasteiger partial charge on any atom is -1.00 e. The van der Waals surface area contributed by atoms with Crippen LogP contribution in [0.15, 0.2) is 123 Å². The molecule has 0 bridgehead atoms. The summed E-state index contributed by atoms with van der Waals surface area (Å²) in [5.74, 6) is -3.75. The Morgan fingerprint density at radius 3 is 0.991 bits per heavy atom. The molecule has 0 fully saturated rings. The van der Waals surface area contributed by atoms with E-state index >= 15 is 0 Å². The van der Waals surface area contributed by atoms with Gasteiger partial charge < -0.3 is 105 Å². The van der Waals surface area contributed by atoms with E-state index in [1.807, 2.05) is 0 Å². The zero-order chi connectivity index (χ0) is 75.0. The molecule has 8 aromatic carbocycles. The van der Waals surface area contributed by atoms with Crippen molar-refractivity contribution >= 4 is 181 Å². The summed E-state index contributed by atoms with van der Waals surface area (Å²) < 4.78 is 235. The number of nitrogens with one attached hydrogen (secondary N) is 1. The molecule has 58 heteroatoms. The van der Waals surface area contributed by atoms with Gasteiger partial charge in [-0.3, -0.25) is 23.7 Å². The summed E-state index contributed by atoms with van der Waals surface area (Å²) >= 11 is -8.64. The molecule has 3 unspecified atom stereocenters. The van der Waals surface area contributed by atoms with E-state index in [1.165, 1.54) is 39.0 Å². The third-order valence-electron chi connectivity index (χ3n) is 10.2. The number of carbonyl (C=O) groups excluding carboxylic acids is 6. The van der Waals surface area contributed by atoms with Gasteiger partial charge in [-0.05, 0) is 94.3 Å². The molecule has 8 rings (SSSR count). The van der Waals surface area contributed by atoms with Crippen LogP contribution >= 0.6 is 0 Å². The number of amides is 1. The number of aromatic hydroxyl groups is 4. The van der Waals surface area contributed by atoms with Crippen molar-refractivity contribution in [1.29, 1.82) is 0 Å². The van der Waals surface area contributed by atoms with Gasteiger partial charge in [-0.2, -0.15) is 18.0 Å². The number of benzene rings is 8. The van der Waals surface area contributed by atoms with Crippen LogP contribution in [0.25, 0.3) is 43.1 Å². The molecule has 0 heterocycles. The Labute approximate surface area is 793 Å². The summed E-state index contributed by atoms with van der Waals surface area (Å²) in [5, 5.41) is 50.9. The fourth-order valence-corrected chi connectivity index (χ4v) is 10.2. The molecule has 1 amide bonds. The van der Waals surface area contributed by atoms with Gasteiger partial charge in [0.15, 0.2) is 0 Å². The smallest absolute Gasteiger partial charge is 1.00 e. The molecule has 3 atom stereocenters. The minimum absolute atomic E-state index is 0. The number of phenolic OH excluding ortho intramolecular Hbond substituents is 4. The predicted octanol–water partition coefficient (Wildman–Crippen LogP) is -24.7. The Bertz CT molecular complexity index is 4910. The van der Waals surface area contributed by atoms with Crippen molar-refractivity contribution < 1.29 is 411 Å². The number of phenols is 4. The average Bonchev–Trinajstić information content (AvgIpc) is 0.798. The fourth-order valence-electron chi connectivity index (χ4n) is 7.25. The third-order valence-corrected chi connectivity index (χ3v) is 14.5. The van der Waals surface area contributed by atoms with Crippen molar-refractivity contribution in [2.45, 2.75) is 47.8 Å². The van der Waals surface area contributed by atoms with Gasteiger partial charge in [-0.15, -0.1) is 12.6 Å². The first kappa shape index (κ1) is 126. The van der Waals surface area contributed by atoms with Crippen molar-refractivity contribution in [2.75, 3.05) is 22.5 Å². The summed E-state index contributed by atoms with van der Waals surface area (Å²) in [7, 11) is -21.7. The molecule has 0 aliphatic heterocycles. The Morgan fingerprint density at radius 1 is 0.486 bits per heavy atom. The zero-order valence-electron chi connectivity index (χ0n) is 57.2. The van der Waals surface area contributed by atoms with Crippen LogP contribution in [-0.4, -0.2) is 147 Å². The molecule has 0 radical (unpaired) electrons. The van der Waals surface area contributed by atoms with Gasteiger partial charge in [0.25, 0.3) is 16.6 Å². The standard InChI is InChI=1S/C12H11NO8S2.2C10H9NO7S2.C10H9NO4S.C4H6O3.CH2O3.CO2.CH4.8Na.O3S.H2O.H/c1-6(14)13-10-5-9(23(18,19)20)3-7-2-8(21-22(16)17)4-11(15)12(7)10;2*11-8-4-7(20(15,16)17)2-5-1-6(18-19(13)14)3-9(12)10(5)8;11-8-5-7(16(13,14)15)4-6-2-1-3-9(12)10(6)8;1-3(5)7-4(2)6;2-1-4-3;2-1-3;;;;;;;;;;1-4(2)3;;/h2-5,15H,1H3,(H,13,14)(H,16,17)(H,18,19,20);2*1-4,12H,11H2,(H,13,14)(H,15,16,17);1-5,12H,11H2,(H,13,14,15);1-2H3;1,3H;;1H4;;;;;;;;;;1H2;/q;;;;;;;;8*+1;;;-1/p-7. The molecule has 0 saturated heterocycles. The average molecular weight is 1740 g/mol. The molecule has 0 saturated carbocycles. The van der Waals surface area contributed by atoms with E-state index < -0.39 is 140 Å². The van der Waals surface area contributed by atoms with Crippen LogP contribution in [0.2, 0.25) is 0 Å². The molecule has 0 aliphatic rings. The van der Waals surface area contributed by atoms with E-state index in [9.17, 15) is 108 Å². The van der Waals surface area contributed by atoms with Gasteiger partial charge in [-0.1, -0.05) is 19.6 Å². The maximum atomic E-state index is 11.3. The molecular weight excluding hydrogens is 1690 g/mol. The van der Waals surface area contributed by atoms with Crippen LogP contribution < -0.4 is 277 Å². The topological polar surface area (TPSA) is 772 Å². The molecule has 14 N–H and O–H groups in total. The quantitative estimate of drug-likeness (QED) is 0.00631. The van der Waals surface area contributed by atoms with Crippen LogP contribution in [0.3, 0.4) is 0 Å². The Balaban J connectivity index is -0.000000116. The van der Waals surface area contributed by atoms with Crippen LogP contribution in [0, 0.1) is 0 Å². The number of hydrogen-bond acceptors (Lipinski definition) is 39. The SMILES string of the molecule is C.CC(=O)Nc1cc(S(=O)(=O)O)cc2cc(OS(=O)[O-])cc(O)c12.CC(=O)OC(C)=O.Nc1cc(S(=O)(=O)[O-])cc2cc(OS(=O)[O-])cc(O)c12.Nc1cc(S(=O)(=O)[O-])cc2cc(OS(=O)[O-])cc(O)c12.Nc1cc(S(=O)(=O)[O-])cc2cccc(O)c12.O.O=C=O.O=CO[O-].O=S(=O)=O.[H-].[Na+].[Na+].[Na+].[Na+].[Na+].[Na+].[Na+].[Na+]. The minimum atomic E-state index is -4.74. The number of ether oxygens (including phenoxy) is 1. The van der Waals surface area contributed by atoms with Gasteiger partial charge in [0.2, 0.25) is 5.91 Å². The molecular formula is C49H46N4Na8O38S8. The van der Waals surface area contributed by atoms with Crippen LogP contribution in [0.4, 0.5) is 22.7 Å². The molecule has 8 aromatic rings. The Kier molecular flexibility index (Phi) is 68.8. The van der Waals surface area contributed by atoms with Crippen LogP contribution in [0.5, 0.6) is 40.2 Å². The second-order valence-electron chi connectivity index (χ2n) is 17.0. The maximum Gasteiger partial charge on any atom is 1.00 e. The number of hydrogen-bond donors (Lipinski definition) is 9. The van der Waals surface area contributed by atoms with E-state index in [0.29, 0.717) is 10.8 Å².